The lowest BCUT2D eigenvalue weighted by atomic mass is 9.77. The van der Waals surface area contributed by atoms with Crippen molar-refractivity contribution in [3.05, 3.63) is 69.8 Å². The second-order valence-corrected chi connectivity index (χ2v) is 7.46. The third-order valence-electron chi connectivity index (χ3n) is 5.44. The maximum absolute atomic E-state index is 12.9. The Labute approximate surface area is 187 Å². The molecule has 0 aliphatic rings. The molecule has 0 N–H and O–H groups in total. The molecule has 172 valence electrons. The van der Waals surface area contributed by atoms with Gasteiger partial charge in [-0.3, -0.25) is 19.7 Å². The van der Waals surface area contributed by atoms with E-state index < -0.39 is 16.8 Å². The first-order chi connectivity index (χ1) is 15.3. The zero-order valence-electron chi connectivity index (χ0n) is 18.8. The van der Waals surface area contributed by atoms with Crippen LogP contribution in [0.3, 0.4) is 0 Å². The van der Waals surface area contributed by atoms with Crippen LogP contribution < -0.4 is 4.74 Å². The molecule has 2 aromatic carbocycles. The lowest BCUT2D eigenvalue weighted by Crippen LogP contribution is -2.24. The van der Waals surface area contributed by atoms with Gasteiger partial charge in [0.25, 0.3) is 5.69 Å². The minimum absolute atomic E-state index is 0.0637. The molecular weight excluding hydrogens is 414 g/mol. The van der Waals surface area contributed by atoms with Crippen molar-refractivity contribution in [1.29, 1.82) is 0 Å². The molecule has 2 rings (SSSR count). The Bertz CT molecular complexity index is 926. The van der Waals surface area contributed by atoms with Gasteiger partial charge in [0.05, 0.1) is 37.6 Å². The van der Waals surface area contributed by atoms with Gasteiger partial charge in [-0.05, 0) is 43.0 Å². The number of nitro benzene ring substituents is 1. The van der Waals surface area contributed by atoms with Crippen LogP contribution >= 0.6 is 0 Å². The minimum Gasteiger partial charge on any atom is -0.497 e. The molecule has 32 heavy (non-hydrogen) atoms. The Morgan fingerprint density at radius 2 is 1.69 bits per heavy atom. The molecule has 0 aliphatic carbocycles. The van der Waals surface area contributed by atoms with Crippen LogP contribution in [0.2, 0.25) is 0 Å². The number of nitrogens with zero attached hydrogens (tertiary/aromatic N) is 1. The quantitative estimate of drug-likeness (QED) is 0.283. The highest BCUT2D eigenvalue weighted by atomic mass is 16.6. The predicted molar refractivity (Wildman–Crippen MR) is 119 cm³/mol. The molecule has 0 saturated heterocycles. The fourth-order valence-corrected chi connectivity index (χ4v) is 3.69. The fraction of sp³-hybridized carbons (Fsp3) is 0.417. The summed E-state index contributed by atoms with van der Waals surface area (Å²) < 4.78 is 15.6. The molecule has 3 atom stereocenters. The van der Waals surface area contributed by atoms with Crippen LogP contribution in [-0.4, -0.2) is 37.7 Å². The summed E-state index contributed by atoms with van der Waals surface area (Å²) >= 11 is 0. The van der Waals surface area contributed by atoms with Crippen molar-refractivity contribution < 1.29 is 28.7 Å². The van der Waals surface area contributed by atoms with E-state index in [-0.39, 0.29) is 23.5 Å². The van der Waals surface area contributed by atoms with Gasteiger partial charge in [0.15, 0.2) is 0 Å². The van der Waals surface area contributed by atoms with Gasteiger partial charge >= 0.3 is 11.9 Å². The number of rotatable bonds is 11. The molecule has 0 amide bonds. The van der Waals surface area contributed by atoms with Crippen molar-refractivity contribution in [2.24, 2.45) is 5.92 Å². The fourth-order valence-electron chi connectivity index (χ4n) is 3.69. The first-order valence-electron chi connectivity index (χ1n) is 10.4. The maximum Gasteiger partial charge on any atom is 0.313 e. The van der Waals surface area contributed by atoms with E-state index in [9.17, 15) is 19.7 Å². The third kappa shape index (κ3) is 6.29. The first kappa shape index (κ1) is 24.8. The van der Waals surface area contributed by atoms with Crippen molar-refractivity contribution in [3.8, 4) is 5.75 Å². The molecule has 0 aromatic heterocycles. The summed E-state index contributed by atoms with van der Waals surface area (Å²) in [5.41, 5.74) is 1.37. The van der Waals surface area contributed by atoms with E-state index in [1.165, 1.54) is 19.2 Å². The number of nitro groups is 1. The van der Waals surface area contributed by atoms with Crippen LogP contribution in [0.15, 0.2) is 48.5 Å². The van der Waals surface area contributed by atoms with Crippen LogP contribution in [0, 0.1) is 16.0 Å². The molecule has 0 radical (unpaired) electrons. The second-order valence-electron chi connectivity index (χ2n) is 7.46. The zero-order chi connectivity index (χ0) is 23.7. The smallest absolute Gasteiger partial charge is 0.313 e. The number of carbonyl (C=O) groups excluding carboxylic acids is 2. The highest BCUT2D eigenvalue weighted by molar-refractivity contribution is 5.79. The molecule has 8 heteroatoms. The molecule has 0 saturated carbocycles. The zero-order valence-corrected chi connectivity index (χ0v) is 18.8. The van der Waals surface area contributed by atoms with Gasteiger partial charge in [0.2, 0.25) is 0 Å². The van der Waals surface area contributed by atoms with Crippen molar-refractivity contribution in [1.82, 2.24) is 0 Å². The monoisotopic (exact) mass is 443 g/mol. The summed E-state index contributed by atoms with van der Waals surface area (Å²) in [5, 5.41) is 11.0. The molecule has 0 heterocycles. The number of carbonyl (C=O) groups is 2. The number of hydrogen-bond acceptors (Lipinski definition) is 7. The van der Waals surface area contributed by atoms with Crippen molar-refractivity contribution >= 4 is 17.6 Å². The standard InChI is InChI=1S/C24H29NO7/c1-5-32-23(26)16(2)9-14-21(18-7-6-8-20(15-18)30-3)22(24(27)31-4)17-10-12-19(13-11-17)25(28)29/h6-8,10-13,15-16,21-22H,5,9,14H2,1-4H3. The molecular formula is C24H29NO7. The minimum atomic E-state index is -0.720. The van der Waals surface area contributed by atoms with Gasteiger partial charge in [-0.1, -0.05) is 31.2 Å². The molecule has 0 fully saturated rings. The number of non-ortho nitro benzene ring substituents is 1. The normalized spacial score (nSPS) is 13.5. The number of hydrogen-bond donors (Lipinski definition) is 0. The molecule has 0 bridgehead atoms. The van der Waals surface area contributed by atoms with E-state index in [1.807, 2.05) is 18.2 Å². The third-order valence-corrected chi connectivity index (χ3v) is 5.44. The Morgan fingerprint density at radius 1 is 1.00 bits per heavy atom. The van der Waals surface area contributed by atoms with E-state index in [0.29, 0.717) is 30.8 Å². The Morgan fingerprint density at radius 3 is 2.25 bits per heavy atom. The predicted octanol–water partition coefficient (Wildman–Crippen LogP) is 4.62. The van der Waals surface area contributed by atoms with Crippen molar-refractivity contribution in [2.45, 2.75) is 38.5 Å². The maximum atomic E-state index is 12.9. The summed E-state index contributed by atoms with van der Waals surface area (Å²) in [6.45, 7) is 3.85. The first-order valence-corrected chi connectivity index (χ1v) is 10.4. The highest BCUT2D eigenvalue weighted by Crippen LogP contribution is 2.40. The Balaban J connectivity index is 2.47. The van der Waals surface area contributed by atoms with Crippen LogP contribution in [-0.2, 0) is 19.1 Å². The van der Waals surface area contributed by atoms with Gasteiger partial charge in [-0.25, -0.2) is 0 Å². The average Bonchev–Trinajstić information content (AvgIpc) is 2.81. The van der Waals surface area contributed by atoms with E-state index in [4.69, 9.17) is 14.2 Å². The largest absolute Gasteiger partial charge is 0.497 e. The van der Waals surface area contributed by atoms with E-state index in [1.54, 1.807) is 39.2 Å². The van der Waals surface area contributed by atoms with E-state index in [0.717, 1.165) is 5.56 Å². The van der Waals surface area contributed by atoms with Crippen LogP contribution in [0.5, 0.6) is 5.75 Å². The molecule has 0 spiro atoms. The summed E-state index contributed by atoms with van der Waals surface area (Å²) in [4.78, 5) is 35.6. The topological polar surface area (TPSA) is 105 Å². The van der Waals surface area contributed by atoms with Crippen molar-refractivity contribution in [3.63, 3.8) is 0 Å². The van der Waals surface area contributed by atoms with Gasteiger partial charge in [0, 0.05) is 18.1 Å². The molecule has 2 aromatic rings. The van der Waals surface area contributed by atoms with E-state index in [2.05, 4.69) is 0 Å². The number of esters is 2. The Kier molecular flexibility index (Phi) is 9.19. The van der Waals surface area contributed by atoms with Gasteiger partial charge in [-0.15, -0.1) is 0 Å². The summed E-state index contributed by atoms with van der Waals surface area (Å²) in [5.74, 6) is -1.54. The van der Waals surface area contributed by atoms with Gasteiger partial charge < -0.3 is 14.2 Å². The number of benzene rings is 2. The number of methoxy groups -OCH3 is 2. The summed E-state index contributed by atoms with van der Waals surface area (Å²) in [6, 6.07) is 13.3. The second kappa shape index (κ2) is 11.8. The van der Waals surface area contributed by atoms with Gasteiger partial charge in [0.1, 0.15) is 5.75 Å². The number of ether oxygens (including phenoxy) is 3. The Hall–Kier alpha value is -3.42. The average molecular weight is 443 g/mol. The lowest BCUT2D eigenvalue weighted by Gasteiger charge is -2.27. The lowest BCUT2D eigenvalue weighted by molar-refractivity contribution is -0.384. The molecule has 8 nitrogen and oxygen atoms in total. The van der Waals surface area contributed by atoms with Crippen molar-refractivity contribution in [2.75, 3.05) is 20.8 Å². The SMILES string of the molecule is CCOC(=O)C(C)CCC(c1cccc(OC)c1)C(C(=O)OC)c1ccc([N+](=O)[O-])cc1. The van der Waals surface area contributed by atoms with Gasteiger partial charge in [-0.2, -0.15) is 0 Å². The van der Waals surface area contributed by atoms with Crippen LogP contribution in [0.4, 0.5) is 5.69 Å². The van der Waals surface area contributed by atoms with Crippen LogP contribution in [0.25, 0.3) is 0 Å². The highest BCUT2D eigenvalue weighted by Gasteiger charge is 2.33. The summed E-state index contributed by atoms with van der Waals surface area (Å²) in [6.07, 6.45) is 0.977. The molecule has 0 aliphatic heterocycles. The summed E-state index contributed by atoms with van der Waals surface area (Å²) in [7, 11) is 2.87. The van der Waals surface area contributed by atoms with Crippen LogP contribution in [0.1, 0.15) is 49.7 Å². The van der Waals surface area contributed by atoms with E-state index >= 15 is 0 Å². The molecule has 3 unspecified atom stereocenters.